The number of nitrogens with two attached hydrogens (primary N) is 1. The van der Waals surface area contributed by atoms with Gasteiger partial charge in [-0.1, -0.05) is 5.16 Å². The van der Waals surface area contributed by atoms with Gasteiger partial charge in [-0.25, -0.2) is 0 Å². The Morgan fingerprint density at radius 2 is 2.21 bits per heavy atom. The molecule has 0 bridgehead atoms. The van der Waals surface area contributed by atoms with Crippen LogP contribution in [-0.4, -0.2) is 31.0 Å². The smallest absolute Gasteiger partial charge is 0.258 e. The van der Waals surface area contributed by atoms with Crippen molar-refractivity contribution in [2.75, 3.05) is 20.8 Å². The fraction of sp³-hybridized carbons (Fsp3) is 0.333. The second-order valence-corrected chi connectivity index (χ2v) is 4.72. The Kier molecular flexibility index (Phi) is 4.52. The lowest BCUT2D eigenvalue weighted by atomic mass is 10.2. The van der Waals surface area contributed by atoms with Crippen LogP contribution in [0.15, 0.2) is 27.2 Å². The molecule has 0 saturated carbocycles. The number of nitrogens with zero attached hydrogens (tertiary/aromatic N) is 2. The first-order chi connectivity index (χ1) is 9.15. The minimum atomic E-state index is -0.399. The van der Waals surface area contributed by atoms with Crippen LogP contribution in [0.2, 0.25) is 0 Å². The SMILES string of the molecule is COCC(N)c1noc(-c2ccc(OC)c(Br)c2)n1. The average Bonchev–Trinajstić information content (AvgIpc) is 2.88. The van der Waals surface area contributed by atoms with Crippen LogP contribution in [0.4, 0.5) is 0 Å². The normalized spacial score (nSPS) is 12.4. The third-order valence-corrected chi connectivity index (χ3v) is 3.14. The Balaban J connectivity index is 2.25. The highest BCUT2D eigenvalue weighted by Gasteiger charge is 2.15. The van der Waals surface area contributed by atoms with Crippen LogP contribution >= 0.6 is 15.9 Å². The van der Waals surface area contributed by atoms with Crippen LogP contribution in [0.25, 0.3) is 11.5 Å². The largest absolute Gasteiger partial charge is 0.496 e. The Morgan fingerprint density at radius 1 is 1.42 bits per heavy atom. The molecule has 0 amide bonds. The number of hydrogen-bond donors (Lipinski definition) is 1. The molecule has 2 aromatic rings. The maximum atomic E-state index is 5.83. The van der Waals surface area contributed by atoms with Crippen LogP contribution < -0.4 is 10.5 Å². The van der Waals surface area contributed by atoms with Gasteiger partial charge in [0.15, 0.2) is 5.82 Å². The van der Waals surface area contributed by atoms with Crippen molar-refractivity contribution in [3.8, 4) is 17.2 Å². The summed E-state index contributed by atoms with van der Waals surface area (Å²) in [6, 6.07) is 5.10. The zero-order valence-corrected chi connectivity index (χ0v) is 12.2. The number of rotatable bonds is 5. The molecule has 0 spiro atoms. The van der Waals surface area contributed by atoms with E-state index in [2.05, 4.69) is 26.1 Å². The van der Waals surface area contributed by atoms with Gasteiger partial charge in [0, 0.05) is 12.7 Å². The molecule has 2 N–H and O–H groups in total. The lowest BCUT2D eigenvalue weighted by Crippen LogP contribution is -2.17. The molecule has 19 heavy (non-hydrogen) atoms. The average molecular weight is 328 g/mol. The van der Waals surface area contributed by atoms with Crippen LogP contribution in [-0.2, 0) is 4.74 Å². The summed E-state index contributed by atoms with van der Waals surface area (Å²) in [5.41, 5.74) is 6.62. The standard InChI is InChI=1S/C12H14BrN3O3/c1-17-6-9(14)11-15-12(19-16-11)7-3-4-10(18-2)8(13)5-7/h3-5,9H,6,14H2,1-2H3. The quantitative estimate of drug-likeness (QED) is 0.905. The summed E-state index contributed by atoms with van der Waals surface area (Å²) >= 11 is 3.41. The molecule has 0 saturated heterocycles. The van der Waals surface area contributed by atoms with E-state index in [9.17, 15) is 0 Å². The van der Waals surface area contributed by atoms with E-state index >= 15 is 0 Å². The lowest BCUT2D eigenvalue weighted by molar-refractivity contribution is 0.177. The van der Waals surface area contributed by atoms with E-state index in [-0.39, 0.29) is 0 Å². The maximum absolute atomic E-state index is 5.83. The fourth-order valence-corrected chi connectivity index (χ4v) is 2.10. The zero-order valence-electron chi connectivity index (χ0n) is 10.6. The predicted octanol–water partition coefficient (Wildman–Crippen LogP) is 2.15. The number of benzene rings is 1. The molecule has 102 valence electrons. The molecule has 0 fully saturated rings. The van der Waals surface area contributed by atoms with Crippen molar-refractivity contribution in [1.82, 2.24) is 10.1 Å². The molecule has 7 heteroatoms. The summed E-state index contributed by atoms with van der Waals surface area (Å²) in [7, 11) is 3.18. The van der Waals surface area contributed by atoms with Crippen molar-refractivity contribution in [2.45, 2.75) is 6.04 Å². The molecule has 0 radical (unpaired) electrons. The van der Waals surface area contributed by atoms with Gasteiger partial charge in [0.2, 0.25) is 0 Å². The van der Waals surface area contributed by atoms with Gasteiger partial charge in [0.25, 0.3) is 5.89 Å². The molecule has 0 aliphatic heterocycles. The van der Waals surface area contributed by atoms with Gasteiger partial charge < -0.3 is 19.7 Å². The number of ether oxygens (including phenoxy) is 2. The van der Waals surface area contributed by atoms with Crippen molar-refractivity contribution in [3.05, 3.63) is 28.5 Å². The summed E-state index contributed by atoms with van der Waals surface area (Å²) in [5, 5.41) is 3.85. The van der Waals surface area contributed by atoms with E-state index in [4.69, 9.17) is 19.7 Å². The molecule has 1 aromatic carbocycles. The summed E-state index contributed by atoms with van der Waals surface area (Å²) in [6.07, 6.45) is 0. The lowest BCUT2D eigenvalue weighted by Gasteiger charge is -2.04. The number of aromatic nitrogens is 2. The molecule has 1 aromatic heterocycles. The number of hydrogen-bond acceptors (Lipinski definition) is 6. The first-order valence-corrected chi connectivity index (χ1v) is 6.37. The zero-order chi connectivity index (χ0) is 13.8. The van der Waals surface area contributed by atoms with Gasteiger partial charge in [0.1, 0.15) is 5.75 Å². The van der Waals surface area contributed by atoms with Gasteiger partial charge in [-0.15, -0.1) is 0 Å². The molecule has 1 heterocycles. The highest BCUT2D eigenvalue weighted by Crippen LogP contribution is 2.30. The van der Waals surface area contributed by atoms with Crippen LogP contribution in [0.1, 0.15) is 11.9 Å². The second kappa shape index (κ2) is 6.14. The van der Waals surface area contributed by atoms with E-state index in [1.165, 1.54) is 0 Å². The molecular formula is C12H14BrN3O3. The summed E-state index contributed by atoms with van der Waals surface area (Å²) in [6.45, 7) is 0.339. The van der Waals surface area contributed by atoms with Gasteiger partial charge in [-0.3, -0.25) is 0 Å². The van der Waals surface area contributed by atoms with Crippen LogP contribution in [0, 0.1) is 0 Å². The van der Waals surface area contributed by atoms with Crippen molar-refractivity contribution in [1.29, 1.82) is 0 Å². The first-order valence-electron chi connectivity index (χ1n) is 5.57. The fourth-order valence-electron chi connectivity index (χ4n) is 1.56. The van der Waals surface area contributed by atoms with Crippen molar-refractivity contribution in [3.63, 3.8) is 0 Å². The van der Waals surface area contributed by atoms with Gasteiger partial charge >= 0.3 is 0 Å². The summed E-state index contributed by atoms with van der Waals surface area (Å²) in [4.78, 5) is 4.25. The molecule has 0 aliphatic carbocycles. The first kappa shape index (κ1) is 14.0. The van der Waals surface area contributed by atoms with E-state index in [1.54, 1.807) is 14.2 Å². The van der Waals surface area contributed by atoms with E-state index in [0.29, 0.717) is 18.3 Å². The molecule has 1 unspecified atom stereocenters. The highest BCUT2D eigenvalue weighted by atomic mass is 79.9. The molecule has 0 aliphatic rings. The van der Waals surface area contributed by atoms with Gasteiger partial charge in [0.05, 0.1) is 24.2 Å². The second-order valence-electron chi connectivity index (χ2n) is 3.87. The Hall–Kier alpha value is -1.44. The summed E-state index contributed by atoms with van der Waals surface area (Å²) in [5.74, 6) is 1.56. The maximum Gasteiger partial charge on any atom is 0.258 e. The third kappa shape index (κ3) is 3.12. The molecular weight excluding hydrogens is 314 g/mol. The molecule has 1 atom stereocenters. The number of methoxy groups -OCH3 is 2. The van der Waals surface area contributed by atoms with Gasteiger partial charge in [-0.2, -0.15) is 4.98 Å². The van der Waals surface area contributed by atoms with Crippen molar-refractivity contribution < 1.29 is 14.0 Å². The minimum absolute atomic E-state index is 0.339. The van der Waals surface area contributed by atoms with Crippen LogP contribution in [0.3, 0.4) is 0 Å². The highest BCUT2D eigenvalue weighted by molar-refractivity contribution is 9.10. The van der Waals surface area contributed by atoms with Crippen molar-refractivity contribution in [2.24, 2.45) is 5.73 Å². The number of halogens is 1. The van der Waals surface area contributed by atoms with E-state index in [1.807, 2.05) is 18.2 Å². The van der Waals surface area contributed by atoms with Crippen molar-refractivity contribution >= 4 is 15.9 Å². The molecule has 6 nitrogen and oxygen atoms in total. The molecule has 2 rings (SSSR count). The van der Waals surface area contributed by atoms with Gasteiger partial charge in [-0.05, 0) is 34.1 Å². The predicted molar refractivity (Wildman–Crippen MR) is 72.8 cm³/mol. The monoisotopic (exact) mass is 327 g/mol. The Labute approximate surface area is 119 Å². The van der Waals surface area contributed by atoms with E-state index < -0.39 is 6.04 Å². The van der Waals surface area contributed by atoms with Crippen LogP contribution in [0.5, 0.6) is 5.75 Å². The van der Waals surface area contributed by atoms with E-state index in [0.717, 1.165) is 15.8 Å². The Bertz CT molecular complexity index is 559. The third-order valence-electron chi connectivity index (χ3n) is 2.52. The topological polar surface area (TPSA) is 83.4 Å². The Morgan fingerprint density at radius 3 is 2.84 bits per heavy atom. The summed E-state index contributed by atoms with van der Waals surface area (Å²) < 4.78 is 16.1. The minimum Gasteiger partial charge on any atom is -0.496 e.